The van der Waals surface area contributed by atoms with Gasteiger partial charge in [-0.1, -0.05) is 6.07 Å². The first-order valence-corrected chi connectivity index (χ1v) is 9.53. The van der Waals surface area contributed by atoms with Gasteiger partial charge in [0.15, 0.2) is 11.5 Å². The van der Waals surface area contributed by atoms with Gasteiger partial charge in [0.25, 0.3) is 5.91 Å². The maximum Gasteiger partial charge on any atom is 0.319 e. The van der Waals surface area contributed by atoms with Gasteiger partial charge in [0.1, 0.15) is 5.52 Å². The summed E-state index contributed by atoms with van der Waals surface area (Å²) in [4.78, 5) is 29.0. The SMILES string of the molecule is O=C(Nc1cccc(C(=O)Nc2ccc3oc(C4CC4)nc3c2)c1)NC1CC1. The van der Waals surface area contributed by atoms with E-state index >= 15 is 0 Å². The van der Waals surface area contributed by atoms with Crippen LogP contribution in [0.15, 0.2) is 46.9 Å². The average Bonchev–Trinajstić information content (AvgIpc) is 3.61. The van der Waals surface area contributed by atoms with Crippen LogP contribution in [0.1, 0.15) is 47.8 Å². The zero-order chi connectivity index (χ0) is 19.1. The molecule has 0 aliphatic heterocycles. The number of benzene rings is 2. The van der Waals surface area contributed by atoms with Crippen LogP contribution in [-0.4, -0.2) is 23.0 Å². The molecular formula is C21H20N4O3. The minimum atomic E-state index is -0.253. The van der Waals surface area contributed by atoms with E-state index in [1.807, 2.05) is 12.1 Å². The van der Waals surface area contributed by atoms with Gasteiger partial charge in [-0.05, 0) is 62.1 Å². The summed E-state index contributed by atoms with van der Waals surface area (Å²) in [6.45, 7) is 0. The predicted molar refractivity (Wildman–Crippen MR) is 106 cm³/mol. The number of urea groups is 1. The van der Waals surface area contributed by atoms with Crippen molar-refractivity contribution in [1.82, 2.24) is 10.3 Å². The molecule has 7 nitrogen and oxygen atoms in total. The van der Waals surface area contributed by atoms with Crippen LogP contribution in [0.3, 0.4) is 0 Å². The van der Waals surface area contributed by atoms with Crippen molar-refractivity contribution in [2.45, 2.75) is 37.6 Å². The van der Waals surface area contributed by atoms with Gasteiger partial charge >= 0.3 is 6.03 Å². The molecule has 2 aromatic carbocycles. The Bertz CT molecular complexity index is 1070. The monoisotopic (exact) mass is 376 g/mol. The summed E-state index contributed by atoms with van der Waals surface area (Å²) in [5.74, 6) is 0.969. The molecule has 0 bridgehead atoms. The fraction of sp³-hybridized carbons (Fsp3) is 0.286. The summed E-state index contributed by atoms with van der Waals surface area (Å²) in [7, 11) is 0. The van der Waals surface area contributed by atoms with Crippen LogP contribution >= 0.6 is 0 Å². The third-order valence-corrected chi connectivity index (χ3v) is 4.88. The van der Waals surface area contributed by atoms with Gasteiger partial charge in [-0.15, -0.1) is 0 Å². The first-order valence-electron chi connectivity index (χ1n) is 9.53. The van der Waals surface area contributed by atoms with E-state index in [1.165, 1.54) is 0 Å². The fourth-order valence-corrected chi connectivity index (χ4v) is 3.05. The Balaban J connectivity index is 1.28. The number of anilines is 2. The highest BCUT2D eigenvalue weighted by molar-refractivity contribution is 6.05. The quantitative estimate of drug-likeness (QED) is 0.620. The third kappa shape index (κ3) is 3.69. The number of hydrogen-bond donors (Lipinski definition) is 3. The van der Waals surface area contributed by atoms with Crippen LogP contribution in [0, 0.1) is 0 Å². The van der Waals surface area contributed by atoms with Gasteiger partial charge in [0, 0.05) is 28.9 Å². The Labute approximate surface area is 161 Å². The van der Waals surface area contributed by atoms with E-state index in [9.17, 15) is 9.59 Å². The zero-order valence-electron chi connectivity index (χ0n) is 15.2. The molecule has 0 radical (unpaired) electrons. The highest BCUT2D eigenvalue weighted by Gasteiger charge is 2.29. The van der Waals surface area contributed by atoms with Crippen LogP contribution in [-0.2, 0) is 0 Å². The molecule has 3 amide bonds. The molecule has 142 valence electrons. The van der Waals surface area contributed by atoms with Crippen LogP contribution in [0.5, 0.6) is 0 Å². The summed E-state index contributed by atoms with van der Waals surface area (Å²) < 4.78 is 5.75. The van der Waals surface area contributed by atoms with Gasteiger partial charge in [0.05, 0.1) is 0 Å². The number of aromatic nitrogens is 1. The molecule has 0 unspecified atom stereocenters. The largest absolute Gasteiger partial charge is 0.440 e. The van der Waals surface area contributed by atoms with E-state index in [2.05, 4.69) is 20.9 Å². The lowest BCUT2D eigenvalue weighted by molar-refractivity contribution is 0.102. The first-order chi connectivity index (χ1) is 13.6. The average molecular weight is 376 g/mol. The Morgan fingerprint density at radius 1 is 0.964 bits per heavy atom. The molecule has 0 atom stereocenters. The predicted octanol–water partition coefficient (Wildman–Crippen LogP) is 4.24. The molecule has 2 aliphatic carbocycles. The Kier molecular flexibility index (Phi) is 4.00. The van der Waals surface area contributed by atoms with E-state index in [0.29, 0.717) is 22.9 Å². The number of amides is 3. The second-order valence-electron chi connectivity index (χ2n) is 7.42. The summed E-state index contributed by atoms with van der Waals surface area (Å²) in [5.41, 5.74) is 3.16. The van der Waals surface area contributed by atoms with E-state index in [-0.39, 0.29) is 18.0 Å². The number of nitrogens with zero attached hydrogens (tertiary/aromatic N) is 1. The number of rotatable bonds is 5. The molecule has 2 saturated carbocycles. The summed E-state index contributed by atoms with van der Waals surface area (Å²) in [5, 5.41) is 8.50. The second kappa shape index (κ2) is 6.67. The van der Waals surface area contributed by atoms with Crippen molar-refractivity contribution >= 4 is 34.4 Å². The number of fused-ring (bicyclic) bond motifs is 1. The molecule has 7 heteroatoms. The van der Waals surface area contributed by atoms with E-state index < -0.39 is 0 Å². The molecule has 2 aliphatic rings. The Hall–Kier alpha value is -3.35. The maximum absolute atomic E-state index is 12.6. The summed E-state index contributed by atoms with van der Waals surface area (Å²) in [6, 6.07) is 12.3. The van der Waals surface area contributed by atoms with Crippen LogP contribution in [0.4, 0.5) is 16.2 Å². The fourth-order valence-electron chi connectivity index (χ4n) is 3.05. The number of carbonyl (C=O) groups excluding carboxylic acids is 2. The smallest absolute Gasteiger partial charge is 0.319 e. The molecule has 3 N–H and O–H groups in total. The maximum atomic E-state index is 12.6. The minimum Gasteiger partial charge on any atom is -0.440 e. The minimum absolute atomic E-state index is 0.247. The van der Waals surface area contributed by atoms with Gasteiger partial charge in [0.2, 0.25) is 0 Å². The topological polar surface area (TPSA) is 96.3 Å². The highest BCUT2D eigenvalue weighted by Crippen LogP contribution is 2.40. The molecular weight excluding hydrogens is 356 g/mol. The second-order valence-corrected chi connectivity index (χ2v) is 7.42. The number of nitrogens with one attached hydrogen (secondary N) is 3. The van der Waals surface area contributed by atoms with E-state index in [4.69, 9.17) is 4.42 Å². The van der Waals surface area contributed by atoms with E-state index in [0.717, 1.165) is 42.7 Å². The number of carbonyl (C=O) groups is 2. The molecule has 28 heavy (non-hydrogen) atoms. The van der Waals surface area contributed by atoms with Crippen molar-refractivity contribution < 1.29 is 14.0 Å². The van der Waals surface area contributed by atoms with Gasteiger partial charge < -0.3 is 20.4 Å². The zero-order valence-corrected chi connectivity index (χ0v) is 15.2. The van der Waals surface area contributed by atoms with Crippen molar-refractivity contribution in [1.29, 1.82) is 0 Å². The number of oxazole rings is 1. The summed E-state index contributed by atoms with van der Waals surface area (Å²) >= 11 is 0. The summed E-state index contributed by atoms with van der Waals surface area (Å²) in [6.07, 6.45) is 4.29. The van der Waals surface area contributed by atoms with E-state index in [1.54, 1.807) is 30.3 Å². The highest BCUT2D eigenvalue weighted by atomic mass is 16.3. The molecule has 0 spiro atoms. The molecule has 3 aromatic rings. The van der Waals surface area contributed by atoms with Crippen molar-refractivity contribution in [3.8, 4) is 0 Å². The van der Waals surface area contributed by atoms with Crippen molar-refractivity contribution in [2.24, 2.45) is 0 Å². The molecule has 5 rings (SSSR count). The third-order valence-electron chi connectivity index (χ3n) is 4.88. The van der Waals surface area contributed by atoms with Gasteiger partial charge in [-0.25, -0.2) is 9.78 Å². The normalized spacial score (nSPS) is 16.0. The molecule has 0 saturated heterocycles. The molecule has 1 aromatic heterocycles. The van der Waals surface area contributed by atoms with Crippen LogP contribution in [0.2, 0.25) is 0 Å². The lowest BCUT2D eigenvalue weighted by Crippen LogP contribution is -2.30. The number of hydrogen-bond acceptors (Lipinski definition) is 4. The lowest BCUT2D eigenvalue weighted by Gasteiger charge is -2.09. The van der Waals surface area contributed by atoms with Gasteiger partial charge in [-0.2, -0.15) is 0 Å². The first kappa shape index (κ1) is 16.8. The standard InChI is InChI=1S/C21H20N4O3/c26-19(13-2-1-3-15(10-13)24-21(27)23-14-6-7-14)22-16-8-9-18-17(11-16)25-20(28-18)12-4-5-12/h1-3,8-12,14H,4-7H2,(H,22,26)(H2,23,24,27). The Morgan fingerprint density at radius 2 is 1.79 bits per heavy atom. The Morgan fingerprint density at radius 3 is 2.57 bits per heavy atom. The van der Waals surface area contributed by atoms with Gasteiger partial charge in [-0.3, -0.25) is 4.79 Å². The van der Waals surface area contributed by atoms with Crippen molar-refractivity contribution in [3.05, 3.63) is 53.9 Å². The van der Waals surface area contributed by atoms with Crippen molar-refractivity contribution in [3.63, 3.8) is 0 Å². The van der Waals surface area contributed by atoms with Crippen molar-refractivity contribution in [2.75, 3.05) is 10.6 Å². The van der Waals surface area contributed by atoms with Crippen LogP contribution < -0.4 is 16.0 Å². The lowest BCUT2D eigenvalue weighted by atomic mass is 10.2. The van der Waals surface area contributed by atoms with Crippen LogP contribution in [0.25, 0.3) is 11.1 Å². The molecule has 1 heterocycles. The molecule has 2 fully saturated rings.